The SMILES string of the molecule is O=C(C1c2ccccc2Oc2ccccc21)N(C[C@@H]1CCCO1)[C@H]1CCS(=O)(=O)C1. The lowest BCUT2D eigenvalue weighted by Crippen LogP contribution is -2.47. The molecule has 2 saturated heterocycles. The van der Waals surface area contributed by atoms with Gasteiger partial charge in [0, 0.05) is 30.3 Å². The Morgan fingerprint density at radius 1 is 1.00 bits per heavy atom. The predicted octanol–water partition coefficient (Wildman–Crippen LogP) is 3.12. The van der Waals surface area contributed by atoms with Gasteiger partial charge < -0.3 is 14.4 Å². The first-order valence-electron chi connectivity index (χ1n) is 10.5. The van der Waals surface area contributed by atoms with Crippen molar-refractivity contribution >= 4 is 15.7 Å². The lowest BCUT2D eigenvalue weighted by molar-refractivity contribution is -0.135. The third kappa shape index (κ3) is 3.61. The van der Waals surface area contributed by atoms with Gasteiger partial charge >= 0.3 is 0 Å². The van der Waals surface area contributed by atoms with Gasteiger partial charge in [0.25, 0.3) is 0 Å². The van der Waals surface area contributed by atoms with E-state index < -0.39 is 15.8 Å². The maximum Gasteiger partial charge on any atom is 0.235 e. The van der Waals surface area contributed by atoms with E-state index in [1.165, 1.54) is 0 Å². The van der Waals surface area contributed by atoms with Crippen LogP contribution in [0.5, 0.6) is 11.5 Å². The molecular weight excluding hydrogens is 402 g/mol. The minimum absolute atomic E-state index is 0.0258. The summed E-state index contributed by atoms with van der Waals surface area (Å²) in [5, 5.41) is 0. The molecule has 3 aliphatic heterocycles. The van der Waals surface area contributed by atoms with Crippen molar-refractivity contribution in [2.24, 2.45) is 0 Å². The van der Waals surface area contributed by atoms with Gasteiger partial charge in [-0.3, -0.25) is 4.79 Å². The molecule has 30 heavy (non-hydrogen) atoms. The molecule has 2 aromatic rings. The van der Waals surface area contributed by atoms with E-state index in [9.17, 15) is 13.2 Å². The van der Waals surface area contributed by atoms with E-state index in [1.807, 2.05) is 48.5 Å². The molecule has 0 spiro atoms. The molecule has 0 radical (unpaired) electrons. The number of para-hydroxylation sites is 2. The summed E-state index contributed by atoms with van der Waals surface area (Å²) >= 11 is 0. The summed E-state index contributed by atoms with van der Waals surface area (Å²) in [5.74, 6) is 0.911. The Morgan fingerprint density at radius 3 is 2.23 bits per heavy atom. The quantitative estimate of drug-likeness (QED) is 0.750. The van der Waals surface area contributed by atoms with Crippen molar-refractivity contribution in [2.75, 3.05) is 24.7 Å². The molecule has 3 heterocycles. The number of hydrogen-bond donors (Lipinski definition) is 0. The van der Waals surface area contributed by atoms with E-state index in [2.05, 4.69) is 0 Å². The summed E-state index contributed by atoms with van der Waals surface area (Å²) in [6, 6.07) is 14.9. The average Bonchev–Trinajstić information content (AvgIpc) is 3.38. The highest BCUT2D eigenvalue weighted by atomic mass is 32.2. The van der Waals surface area contributed by atoms with Crippen molar-refractivity contribution in [3.8, 4) is 11.5 Å². The minimum Gasteiger partial charge on any atom is -0.457 e. The number of carbonyl (C=O) groups is 1. The first kappa shape index (κ1) is 19.6. The van der Waals surface area contributed by atoms with Crippen LogP contribution in [-0.4, -0.2) is 56.0 Å². The maximum absolute atomic E-state index is 14.0. The van der Waals surface area contributed by atoms with Gasteiger partial charge in [0.15, 0.2) is 9.84 Å². The van der Waals surface area contributed by atoms with Gasteiger partial charge in [0.1, 0.15) is 11.5 Å². The molecule has 6 nitrogen and oxygen atoms in total. The van der Waals surface area contributed by atoms with Crippen LogP contribution in [0.2, 0.25) is 0 Å². The molecule has 0 bridgehead atoms. The fourth-order valence-electron chi connectivity index (χ4n) is 4.79. The summed E-state index contributed by atoms with van der Waals surface area (Å²) in [4.78, 5) is 15.8. The molecule has 0 unspecified atom stereocenters. The topological polar surface area (TPSA) is 72.9 Å². The van der Waals surface area contributed by atoms with E-state index in [0.717, 1.165) is 24.0 Å². The van der Waals surface area contributed by atoms with Gasteiger partial charge in [0.2, 0.25) is 5.91 Å². The number of ether oxygens (including phenoxy) is 2. The number of hydrogen-bond acceptors (Lipinski definition) is 5. The fourth-order valence-corrected chi connectivity index (χ4v) is 6.52. The molecule has 2 atom stereocenters. The molecule has 0 aromatic heterocycles. The van der Waals surface area contributed by atoms with Crippen molar-refractivity contribution in [3.63, 3.8) is 0 Å². The highest BCUT2D eigenvalue weighted by Crippen LogP contribution is 2.45. The zero-order chi connectivity index (χ0) is 20.7. The Labute approximate surface area is 176 Å². The largest absolute Gasteiger partial charge is 0.457 e. The third-order valence-corrected chi connectivity index (χ3v) is 8.03. The number of carbonyl (C=O) groups excluding carboxylic acids is 1. The number of fused-ring (bicyclic) bond motifs is 2. The van der Waals surface area contributed by atoms with Crippen molar-refractivity contribution in [1.29, 1.82) is 0 Å². The van der Waals surface area contributed by atoms with Gasteiger partial charge in [-0.2, -0.15) is 0 Å². The van der Waals surface area contributed by atoms with Crippen LogP contribution >= 0.6 is 0 Å². The van der Waals surface area contributed by atoms with E-state index in [0.29, 0.717) is 31.1 Å². The molecule has 7 heteroatoms. The van der Waals surface area contributed by atoms with Crippen molar-refractivity contribution in [3.05, 3.63) is 59.7 Å². The number of rotatable bonds is 4. The first-order valence-corrected chi connectivity index (χ1v) is 12.3. The number of nitrogens with zero attached hydrogens (tertiary/aromatic N) is 1. The molecular formula is C23H25NO5S. The molecule has 3 aliphatic rings. The van der Waals surface area contributed by atoms with Gasteiger partial charge in [-0.15, -0.1) is 0 Å². The number of amides is 1. The molecule has 1 amide bonds. The van der Waals surface area contributed by atoms with E-state index in [-0.39, 0.29) is 29.6 Å². The van der Waals surface area contributed by atoms with Crippen LogP contribution < -0.4 is 4.74 Å². The Bertz CT molecular complexity index is 1020. The monoisotopic (exact) mass is 427 g/mol. The van der Waals surface area contributed by atoms with E-state index >= 15 is 0 Å². The minimum atomic E-state index is -3.12. The molecule has 158 valence electrons. The summed E-state index contributed by atoms with van der Waals surface area (Å²) < 4.78 is 36.2. The molecule has 0 saturated carbocycles. The standard InChI is InChI=1S/C23H25NO5S/c25-23(24(14-17-6-5-12-28-17)16-11-13-30(26,27)15-16)22-18-7-1-3-9-20(18)29-21-10-4-2-8-19(21)22/h1-4,7-10,16-17,22H,5-6,11-15H2/t16-,17-/m0/s1. The van der Waals surface area contributed by atoms with E-state index in [4.69, 9.17) is 9.47 Å². The Balaban J connectivity index is 1.54. The van der Waals surface area contributed by atoms with Crippen molar-refractivity contribution in [1.82, 2.24) is 4.90 Å². The molecule has 0 aliphatic carbocycles. The molecule has 2 fully saturated rings. The second-order valence-electron chi connectivity index (χ2n) is 8.29. The third-order valence-electron chi connectivity index (χ3n) is 6.28. The summed E-state index contributed by atoms with van der Waals surface area (Å²) in [5.41, 5.74) is 1.64. The van der Waals surface area contributed by atoms with Crippen LogP contribution in [-0.2, 0) is 19.4 Å². The number of benzene rings is 2. The van der Waals surface area contributed by atoms with Crippen LogP contribution in [0, 0.1) is 0 Å². The second-order valence-corrected chi connectivity index (χ2v) is 10.5. The predicted molar refractivity (Wildman–Crippen MR) is 113 cm³/mol. The Hall–Kier alpha value is -2.38. The lowest BCUT2D eigenvalue weighted by Gasteiger charge is -2.36. The van der Waals surface area contributed by atoms with Crippen LogP contribution in [0.1, 0.15) is 36.3 Å². The number of sulfone groups is 1. The zero-order valence-corrected chi connectivity index (χ0v) is 17.5. The molecule has 0 N–H and O–H groups in total. The maximum atomic E-state index is 14.0. The summed E-state index contributed by atoms with van der Waals surface area (Å²) in [7, 11) is -3.12. The fraction of sp³-hybridized carbons (Fsp3) is 0.435. The lowest BCUT2D eigenvalue weighted by atomic mass is 9.86. The smallest absolute Gasteiger partial charge is 0.235 e. The van der Waals surface area contributed by atoms with Crippen LogP contribution in [0.3, 0.4) is 0 Å². The van der Waals surface area contributed by atoms with E-state index in [1.54, 1.807) is 4.90 Å². The van der Waals surface area contributed by atoms with Crippen LogP contribution in [0.4, 0.5) is 0 Å². The second kappa shape index (κ2) is 7.71. The summed E-state index contributed by atoms with van der Waals surface area (Å²) in [6.07, 6.45) is 2.30. The average molecular weight is 428 g/mol. The molecule has 2 aromatic carbocycles. The van der Waals surface area contributed by atoms with Gasteiger partial charge in [-0.25, -0.2) is 8.42 Å². The molecule has 5 rings (SSSR count). The van der Waals surface area contributed by atoms with Crippen molar-refractivity contribution < 1.29 is 22.7 Å². The van der Waals surface area contributed by atoms with Crippen molar-refractivity contribution in [2.45, 2.75) is 37.3 Å². The van der Waals surface area contributed by atoms with Gasteiger partial charge in [0.05, 0.1) is 23.5 Å². The normalized spacial score (nSPS) is 24.7. The Kier molecular flexibility index (Phi) is 5.03. The zero-order valence-electron chi connectivity index (χ0n) is 16.7. The highest BCUT2D eigenvalue weighted by molar-refractivity contribution is 7.91. The van der Waals surface area contributed by atoms with Crippen LogP contribution in [0.25, 0.3) is 0 Å². The first-order chi connectivity index (χ1) is 14.5. The Morgan fingerprint density at radius 2 is 1.67 bits per heavy atom. The van der Waals surface area contributed by atoms with Gasteiger partial charge in [-0.1, -0.05) is 36.4 Å². The summed E-state index contributed by atoms with van der Waals surface area (Å²) in [6.45, 7) is 1.12. The van der Waals surface area contributed by atoms with Gasteiger partial charge in [-0.05, 0) is 31.4 Å². The highest BCUT2D eigenvalue weighted by Gasteiger charge is 2.41. The van der Waals surface area contributed by atoms with Crippen LogP contribution in [0.15, 0.2) is 48.5 Å².